The number of hydroxylamine groups is 1. The summed E-state index contributed by atoms with van der Waals surface area (Å²) in [6.07, 6.45) is 3.59. The Bertz CT molecular complexity index is 807. The summed E-state index contributed by atoms with van der Waals surface area (Å²) in [7, 11) is 1.49. The molecule has 4 bridgehead atoms. The minimum Gasteiger partial charge on any atom is -0.508 e. The van der Waals surface area contributed by atoms with Gasteiger partial charge in [0, 0.05) is 24.6 Å². The van der Waals surface area contributed by atoms with Gasteiger partial charge in [-0.25, -0.2) is 0 Å². The van der Waals surface area contributed by atoms with E-state index < -0.39 is 5.41 Å². The number of allylic oxidation sites excluding steroid dienone is 1. The molecule has 2 N–H and O–H groups in total. The highest BCUT2D eigenvalue weighted by atomic mass is 16.7. The van der Waals surface area contributed by atoms with E-state index in [4.69, 9.17) is 9.57 Å². The van der Waals surface area contributed by atoms with Crippen molar-refractivity contribution in [1.29, 1.82) is 0 Å². The van der Waals surface area contributed by atoms with Crippen LogP contribution in [0.1, 0.15) is 25.3 Å². The Morgan fingerprint density at radius 2 is 2.31 bits per heavy atom. The lowest BCUT2D eigenvalue weighted by atomic mass is 9.72. The lowest BCUT2D eigenvalue weighted by molar-refractivity contribution is -0.137. The largest absolute Gasteiger partial charge is 0.508 e. The summed E-state index contributed by atoms with van der Waals surface area (Å²) >= 11 is 0. The minimum atomic E-state index is -0.761. The van der Waals surface area contributed by atoms with E-state index >= 15 is 0 Å². The summed E-state index contributed by atoms with van der Waals surface area (Å²) in [5.41, 5.74) is 2.21. The predicted molar refractivity (Wildman–Crippen MR) is 95.8 cm³/mol. The van der Waals surface area contributed by atoms with Crippen LogP contribution in [-0.4, -0.2) is 43.4 Å². The van der Waals surface area contributed by atoms with Crippen molar-refractivity contribution in [2.75, 3.05) is 25.3 Å². The second-order valence-corrected chi connectivity index (χ2v) is 7.84. The number of aromatic hydroxyl groups is 1. The van der Waals surface area contributed by atoms with E-state index in [1.165, 1.54) is 17.7 Å². The van der Waals surface area contributed by atoms with Gasteiger partial charge in [-0.1, -0.05) is 17.7 Å². The second-order valence-electron chi connectivity index (χ2n) is 7.84. The molecular weight excluding hydrogens is 332 g/mol. The number of nitrogens with zero attached hydrogens (tertiary/aromatic N) is 1. The zero-order chi connectivity index (χ0) is 18.1. The second kappa shape index (κ2) is 5.55. The summed E-state index contributed by atoms with van der Waals surface area (Å²) in [4.78, 5) is 19.0. The van der Waals surface area contributed by atoms with Gasteiger partial charge in [0.1, 0.15) is 11.2 Å². The van der Waals surface area contributed by atoms with Crippen LogP contribution in [0.4, 0.5) is 5.69 Å². The van der Waals surface area contributed by atoms with Gasteiger partial charge in [0.05, 0.1) is 25.5 Å². The first kappa shape index (κ1) is 16.3. The van der Waals surface area contributed by atoms with Crippen LogP contribution in [0.15, 0.2) is 29.8 Å². The van der Waals surface area contributed by atoms with Gasteiger partial charge in [-0.3, -0.25) is 9.63 Å². The van der Waals surface area contributed by atoms with Crippen LogP contribution in [0, 0.1) is 11.8 Å². The van der Waals surface area contributed by atoms with E-state index in [0.29, 0.717) is 30.6 Å². The van der Waals surface area contributed by atoms with Crippen molar-refractivity contribution in [1.82, 2.24) is 5.32 Å². The maximum Gasteiger partial charge on any atom is 0.264 e. The molecule has 1 amide bonds. The molecule has 1 aromatic rings. The summed E-state index contributed by atoms with van der Waals surface area (Å²) in [5, 5.41) is 14.9. The first-order chi connectivity index (χ1) is 12.6. The van der Waals surface area contributed by atoms with Gasteiger partial charge in [-0.15, -0.1) is 0 Å². The molecule has 1 saturated carbocycles. The monoisotopic (exact) mass is 356 g/mol. The Labute approximate surface area is 152 Å². The summed E-state index contributed by atoms with van der Waals surface area (Å²) in [6.45, 7) is 3.66. The molecule has 138 valence electrons. The van der Waals surface area contributed by atoms with Gasteiger partial charge in [-0.2, -0.15) is 5.06 Å². The van der Waals surface area contributed by atoms with E-state index in [9.17, 15) is 9.90 Å². The molecule has 5 atom stereocenters. The molecule has 26 heavy (non-hydrogen) atoms. The third kappa shape index (κ3) is 1.89. The molecule has 3 saturated heterocycles. The number of hydrogen-bond acceptors (Lipinski definition) is 5. The zero-order valence-corrected chi connectivity index (χ0v) is 15.1. The van der Waals surface area contributed by atoms with Gasteiger partial charge in [-0.05, 0) is 37.3 Å². The topological polar surface area (TPSA) is 71.0 Å². The smallest absolute Gasteiger partial charge is 0.264 e. The highest BCUT2D eigenvalue weighted by Crippen LogP contribution is 2.56. The Morgan fingerprint density at radius 1 is 1.46 bits per heavy atom. The number of nitrogens with one attached hydrogen (secondary N) is 1. The first-order valence-corrected chi connectivity index (χ1v) is 9.32. The number of fused-ring (bicyclic) bond motifs is 2. The Kier molecular flexibility index (Phi) is 3.48. The lowest BCUT2D eigenvalue weighted by Gasteiger charge is -2.42. The van der Waals surface area contributed by atoms with E-state index in [1.54, 1.807) is 12.1 Å². The minimum absolute atomic E-state index is 0.0809. The number of phenolic OH excluding ortho intramolecular Hbond substituents is 1. The fourth-order valence-electron chi connectivity index (χ4n) is 5.69. The van der Waals surface area contributed by atoms with Crippen LogP contribution < -0.4 is 10.4 Å². The van der Waals surface area contributed by atoms with Crippen molar-refractivity contribution in [2.24, 2.45) is 11.8 Å². The fourth-order valence-corrected chi connectivity index (χ4v) is 5.69. The van der Waals surface area contributed by atoms with Crippen molar-refractivity contribution in [3.8, 4) is 5.75 Å². The van der Waals surface area contributed by atoms with Crippen LogP contribution in [0.2, 0.25) is 0 Å². The van der Waals surface area contributed by atoms with Crippen molar-refractivity contribution < 1.29 is 19.5 Å². The van der Waals surface area contributed by atoms with Crippen LogP contribution in [0.25, 0.3) is 0 Å². The van der Waals surface area contributed by atoms with Gasteiger partial charge in [0.15, 0.2) is 0 Å². The fraction of sp³-hybridized carbons (Fsp3) is 0.550. The first-order valence-electron chi connectivity index (χ1n) is 9.32. The molecule has 0 unspecified atom stereocenters. The molecule has 4 heterocycles. The lowest BCUT2D eigenvalue weighted by Crippen LogP contribution is -2.50. The standard InChI is InChI=1S/C20H24N2O4/c1-3-11-9-21-16-8-20(18-7-13(11)14(16)10-26-18)15-5-4-12(23)6-17(15)22(25-2)19(20)24/h3-6,13-14,16,18,21,23H,7-10H2,1-2H3/b11-3+/t13-,14-,16+,18-,20-/m1/s1. The van der Waals surface area contributed by atoms with Crippen molar-refractivity contribution in [3.05, 3.63) is 35.4 Å². The molecule has 1 aromatic carbocycles. The molecule has 6 nitrogen and oxygen atoms in total. The third-order valence-corrected chi connectivity index (χ3v) is 6.93. The molecule has 0 radical (unpaired) electrons. The zero-order valence-electron chi connectivity index (χ0n) is 15.1. The van der Waals surface area contributed by atoms with Gasteiger partial charge in [0.2, 0.25) is 0 Å². The quantitative estimate of drug-likeness (QED) is 0.752. The van der Waals surface area contributed by atoms with Crippen molar-refractivity contribution in [3.63, 3.8) is 0 Å². The summed E-state index contributed by atoms with van der Waals surface area (Å²) < 4.78 is 6.29. The number of anilines is 1. The molecule has 5 aliphatic rings. The normalized spacial score (nSPS) is 39.5. The molecule has 6 rings (SSSR count). The summed E-state index contributed by atoms with van der Waals surface area (Å²) in [5.74, 6) is 0.912. The van der Waals surface area contributed by atoms with Crippen LogP contribution in [0.5, 0.6) is 5.75 Å². The average Bonchev–Trinajstić information content (AvgIpc) is 2.74. The number of amides is 1. The van der Waals surface area contributed by atoms with Gasteiger partial charge < -0.3 is 15.2 Å². The number of carbonyl (C=O) groups excluding carboxylic acids is 1. The molecule has 4 fully saturated rings. The Morgan fingerprint density at radius 3 is 3.08 bits per heavy atom. The summed E-state index contributed by atoms with van der Waals surface area (Å²) in [6, 6.07) is 5.36. The predicted octanol–water partition coefficient (Wildman–Crippen LogP) is 1.88. The average molecular weight is 356 g/mol. The molecular formula is C20H24N2O4. The number of phenols is 1. The Balaban J connectivity index is 1.69. The van der Waals surface area contributed by atoms with Crippen LogP contribution >= 0.6 is 0 Å². The highest BCUT2D eigenvalue weighted by Gasteiger charge is 2.63. The van der Waals surface area contributed by atoms with E-state index in [1.807, 2.05) is 6.07 Å². The maximum absolute atomic E-state index is 13.6. The number of piperidine rings is 1. The Hall–Kier alpha value is -1.89. The van der Waals surface area contributed by atoms with Crippen molar-refractivity contribution in [2.45, 2.75) is 37.3 Å². The molecule has 0 aromatic heterocycles. The highest BCUT2D eigenvalue weighted by molar-refractivity contribution is 6.07. The van der Waals surface area contributed by atoms with Crippen molar-refractivity contribution >= 4 is 11.6 Å². The van der Waals surface area contributed by atoms with Gasteiger partial charge >= 0.3 is 0 Å². The number of ether oxygens (including phenoxy) is 1. The molecule has 1 spiro atoms. The number of rotatable bonds is 1. The number of carbonyl (C=O) groups is 1. The SMILES string of the molecule is C/C=C1\CN[C@H]2C[C@]3(C(=O)N(OC)c4cc(O)ccc43)[C@H]3C[C@H]1[C@H]2CO3. The van der Waals surface area contributed by atoms with E-state index in [2.05, 4.69) is 18.3 Å². The van der Waals surface area contributed by atoms with E-state index in [0.717, 1.165) is 18.5 Å². The van der Waals surface area contributed by atoms with Crippen LogP contribution in [0.3, 0.4) is 0 Å². The van der Waals surface area contributed by atoms with Gasteiger partial charge in [0.25, 0.3) is 5.91 Å². The van der Waals surface area contributed by atoms with Crippen LogP contribution in [-0.2, 0) is 19.8 Å². The number of hydrogen-bond donors (Lipinski definition) is 2. The molecule has 1 aliphatic carbocycles. The molecule has 4 aliphatic heterocycles. The van der Waals surface area contributed by atoms with E-state index in [-0.39, 0.29) is 23.8 Å². The third-order valence-electron chi connectivity index (χ3n) is 6.93. The molecule has 6 heteroatoms. The maximum atomic E-state index is 13.6. The number of benzene rings is 1.